The van der Waals surface area contributed by atoms with Crippen molar-refractivity contribution in [3.63, 3.8) is 0 Å². The van der Waals surface area contributed by atoms with Crippen molar-refractivity contribution in [3.05, 3.63) is 18.0 Å². The number of nitrogens with two attached hydrogens (primary N) is 1. The van der Waals surface area contributed by atoms with Crippen LogP contribution in [0.2, 0.25) is 0 Å². The van der Waals surface area contributed by atoms with Crippen molar-refractivity contribution in [1.82, 2.24) is 19.8 Å². The predicted octanol–water partition coefficient (Wildman–Crippen LogP) is -0.0637. The third kappa shape index (κ3) is 2.95. The highest BCUT2D eigenvalue weighted by Gasteiger charge is 2.28. The Morgan fingerprint density at radius 1 is 1.61 bits per heavy atom. The van der Waals surface area contributed by atoms with Gasteiger partial charge in [-0.1, -0.05) is 0 Å². The van der Waals surface area contributed by atoms with E-state index in [2.05, 4.69) is 9.97 Å². The van der Waals surface area contributed by atoms with Gasteiger partial charge in [-0.15, -0.1) is 0 Å². The van der Waals surface area contributed by atoms with Gasteiger partial charge in [0.1, 0.15) is 0 Å². The average molecular weight is 249 g/mol. The molecule has 98 valence electrons. The first-order valence-corrected chi connectivity index (χ1v) is 6.07. The van der Waals surface area contributed by atoms with E-state index in [0.717, 1.165) is 25.2 Å². The predicted molar refractivity (Wildman–Crippen MR) is 68.9 cm³/mol. The van der Waals surface area contributed by atoms with Gasteiger partial charge in [0, 0.05) is 25.2 Å². The van der Waals surface area contributed by atoms with Crippen molar-refractivity contribution >= 4 is 11.9 Å². The molecule has 0 spiro atoms. The zero-order chi connectivity index (χ0) is 13.1. The van der Waals surface area contributed by atoms with Crippen LogP contribution in [0, 0.1) is 0 Å². The molecule has 0 bridgehead atoms. The highest BCUT2D eigenvalue weighted by atomic mass is 16.2. The molecular weight excluding hydrogens is 230 g/mol. The number of anilines is 1. The fourth-order valence-electron chi connectivity index (χ4n) is 2.21. The molecule has 1 atom stereocenters. The summed E-state index contributed by atoms with van der Waals surface area (Å²) in [7, 11) is 3.80. The van der Waals surface area contributed by atoms with Crippen LogP contribution in [0.5, 0.6) is 0 Å². The number of aromatic nitrogens is 2. The number of amides is 1. The summed E-state index contributed by atoms with van der Waals surface area (Å²) in [6.45, 7) is 1.98. The van der Waals surface area contributed by atoms with E-state index in [4.69, 9.17) is 5.73 Å². The van der Waals surface area contributed by atoms with Gasteiger partial charge in [-0.25, -0.2) is 9.97 Å². The quantitative estimate of drug-likeness (QED) is 0.812. The topological polar surface area (TPSA) is 75.4 Å². The second kappa shape index (κ2) is 5.30. The van der Waals surface area contributed by atoms with Gasteiger partial charge in [-0.2, -0.15) is 0 Å². The third-order valence-electron chi connectivity index (χ3n) is 3.11. The highest BCUT2D eigenvalue weighted by molar-refractivity contribution is 5.78. The molecule has 2 rings (SSSR count). The van der Waals surface area contributed by atoms with Gasteiger partial charge in [-0.3, -0.25) is 4.79 Å². The zero-order valence-electron chi connectivity index (χ0n) is 10.8. The third-order valence-corrected chi connectivity index (χ3v) is 3.11. The molecule has 6 nitrogen and oxygen atoms in total. The summed E-state index contributed by atoms with van der Waals surface area (Å²) in [5.41, 5.74) is 6.51. The standard InChI is InChI=1S/C12H19N5O/c1-16(2)8-11(18)17-6-4-9(7-17)10-3-5-14-12(13)15-10/h3,5,9H,4,6-8H2,1-2H3,(H2,13,14,15). The molecular formula is C12H19N5O. The lowest BCUT2D eigenvalue weighted by atomic mass is 10.1. The first kappa shape index (κ1) is 12.8. The Hall–Kier alpha value is -1.69. The van der Waals surface area contributed by atoms with Gasteiger partial charge in [0.25, 0.3) is 0 Å². The Morgan fingerprint density at radius 2 is 2.39 bits per heavy atom. The SMILES string of the molecule is CN(C)CC(=O)N1CCC(c2ccnc(N)n2)C1. The smallest absolute Gasteiger partial charge is 0.236 e. The minimum atomic E-state index is 0.171. The molecule has 18 heavy (non-hydrogen) atoms. The number of carbonyl (C=O) groups excluding carboxylic acids is 1. The fourth-order valence-corrected chi connectivity index (χ4v) is 2.21. The molecule has 1 aromatic heterocycles. The summed E-state index contributed by atoms with van der Waals surface area (Å²) in [5.74, 6) is 0.747. The van der Waals surface area contributed by atoms with Gasteiger partial charge in [0.05, 0.1) is 12.2 Å². The average Bonchev–Trinajstić information content (AvgIpc) is 2.77. The maximum Gasteiger partial charge on any atom is 0.236 e. The molecule has 1 aliphatic heterocycles. The lowest BCUT2D eigenvalue weighted by Gasteiger charge is -2.18. The number of likely N-dealkylation sites (tertiary alicyclic amines) is 1. The van der Waals surface area contributed by atoms with Crippen LogP contribution in [0.1, 0.15) is 18.0 Å². The van der Waals surface area contributed by atoms with Crippen molar-refractivity contribution in [2.75, 3.05) is 39.5 Å². The van der Waals surface area contributed by atoms with Crippen LogP contribution in [-0.4, -0.2) is 59.4 Å². The van der Waals surface area contributed by atoms with Crippen molar-refractivity contribution in [3.8, 4) is 0 Å². The van der Waals surface area contributed by atoms with Gasteiger partial charge < -0.3 is 15.5 Å². The Morgan fingerprint density at radius 3 is 3.06 bits per heavy atom. The summed E-state index contributed by atoms with van der Waals surface area (Å²) < 4.78 is 0. The summed E-state index contributed by atoms with van der Waals surface area (Å²) >= 11 is 0. The molecule has 1 unspecified atom stereocenters. The summed E-state index contributed by atoms with van der Waals surface area (Å²) in [6.07, 6.45) is 2.61. The minimum absolute atomic E-state index is 0.171. The molecule has 0 aliphatic carbocycles. The van der Waals surface area contributed by atoms with Gasteiger partial charge in [0.2, 0.25) is 11.9 Å². The number of hydrogen-bond donors (Lipinski definition) is 1. The van der Waals surface area contributed by atoms with Gasteiger partial charge in [0.15, 0.2) is 0 Å². The second-order valence-corrected chi connectivity index (χ2v) is 4.90. The molecule has 2 heterocycles. The van der Waals surface area contributed by atoms with Crippen molar-refractivity contribution in [1.29, 1.82) is 0 Å². The van der Waals surface area contributed by atoms with Crippen LogP contribution < -0.4 is 5.73 Å². The largest absolute Gasteiger partial charge is 0.368 e. The fraction of sp³-hybridized carbons (Fsp3) is 0.583. The number of hydrogen-bond acceptors (Lipinski definition) is 5. The normalized spacial score (nSPS) is 19.5. The number of carbonyl (C=O) groups is 1. The Kier molecular flexibility index (Phi) is 3.76. The highest BCUT2D eigenvalue weighted by Crippen LogP contribution is 2.25. The molecule has 0 aromatic carbocycles. The molecule has 1 amide bonds. The molecule has 6 heteroatoms. The molecule has 1 aromatic rings. The van der Waals surface area contributed by atoms with Crippen LogP contribution in [0.15, 0.2) is 12.3 Å². The maximum absolute atomic E-state index is 11.9. The van der Waals surface area contributed by atoms with E-state index in [0.29, 0.717) is 12.5 Å². The van der Waals surface area contributed by atoms with E-state index in [1.165, 1.54) is 0 Å². The Bertz CT molecular complexity index is 434. The van der Waals surface area contributed by atoms with E-state index < -0.39 is 0 Å². The lowest BCUT2D eigenvalue weighted by Crippen LogP contribution is -2.36. The van der Waals surface area contributed by atoms with Crippen LogP contribution in [-0.2, 0) is 4.79 Å². The molecule has 0 radical (unpaired) electrons. The first-order chi connectivity index (χ1) is 8.56. The van der Waals surface area contributed by atoms with E-state index in [1.54, 1.807) is 6.20 Å². The first-order valence-electron chi connectivity index (χ1n) is 6.07. The molecule has 1 saturated heterocycles. The monoisotopic (exact) mass is 249 g/mol. The maximum atomic E-state index is 11.9. The minimum Gasteiger partial charge on any atom is -0.368 e. The van der Waals surface area contributed by atoms with Crippen molar-refractivity contribution in [2.45, 2.75) is 12.3 Å². The summed E-state index contributed by atoms with van der Waals surface area (Å²) in [5, 5.41) is 0. The number of rotatable bonds is 3. The molecule has 1 aliphatic rings. The second-order valence-electron chi connectivity index (χ2n) is 4.90. The lowest BCUT2D eigenvalue weighted by molar-refractivity contribution is -0.130. The van der Waals surface area contributed by atoms with Gasteiger partial charge >= 0.3 is 0 Å². The van der Waals surface area contributed by atoms with E-state index in [9.17, 15) is 4.79 Å². The van der Waals surface area contributed by atoms with E-state index in [-0.39, 0.29) is 11.8 Å². The van der Waals surface area contributed by atoms with Gasteiger partial charge in [-0.05, 0) is 26.6 Å². The zero-order valence-corrected chi connectivity index (χ0v) is 10.8. The Labute approximate surface area is 107 Å². The molecule has 2 N–H and O–H groups in total. The van der Waals surface area contributed by atoms with Crippen LogP contribution >= 0.6 is 0 Å². The number of nitrogen functional groups attached to an aromatic ring is 1. The van der Waals surface area contributed by atoms with Crippen molar-refractivity contribution in [2.24, 2.45) is 0 Å². The van der Waals surface area contributed by atoms with Crippen LogP contribution in [0.25, 0.3) is 0 Å². The van der Waals surface area contributed by atoms with E-state index in [1.807, 2.05) is 30.0 Å². The number of nitrogens with zero attached hydrogens (tertiary/aromatic N) is 4. The van der Waals surface area contributed by atoms with Crippen LogP contribution in [0.4, 0.5) is 5.95 Å². The van der Waals surface area contributed by atoms with Crippen LogP contribution in [0.3, 0.4) is 0 Å². The van der Waals surface area contributed by atoms with Crippen molar-refractivity contribution < 1.29 is 4.79 Å². The molecule has 0 saturated carbocycles. The molecule has 1 fully saturated rings. The summed E-state index contributed by atoms with van der Waals surface area (Å²) in [4.78, 5) is 23.8. The summed E-state index contributed by atoms with van der Waals surface area (Å²) in [6, 6.07) is 1.88. The van der Waals surface area contributed by atoms with E-state index >= 15 is 0 Å². The number of likely N-dealkylation sites (N-methyl/N-ethyl adjacent to an activating group) is 1. The Balaban J connectivity index is 1.98.